The summed E-state index contributed by atoms with van der Waals surface area (Å²) >= 11 is 5.88. The summed E-state index contributed by atoms with van der Waals surface area (Å²) < 4.78 is 5.17. The fraction of sp³-hybridized carbons (Fsp3) is 0.533. The zero-order chi connectivity index (χ0) is 13.9. The fourth-order valence-electron chi connectivity index (χ4n) is 2.29. The van der Waals surface area contributed by atoms with Gasteiger partial charge in [0.15, 0.2) is 0 Å². The molecule has 0 spiro atoms. The Morgan fingerprint density at radius 1 is 1.42 bits per heavy atom. The molecule has 0 heterocycles. The van der Waals surface area contributed by atoms with Crippen LogP contribution in [-0.2, 0) is 16.0 Å². The average Bonchev–Trinajstić information content (AvgIpc) is 3.13. The number of amides is 1. The number of halogens is 1. The van der Waals surface area contributed by atoms with Crippen LogP contribution in [-0.4, -0.2) is 24.7 Å². The van der Waals surface area contributed by atoms with E-state index in [0.717, 1.165) is 24.3 Å². The first-order valence-electron chi connectivity index (χ1n) is 6.68. The number of hydrogen-bond donors (Lipinski definition) is 1. The lowest BCUT2D eigenvalue weighted by molar-refractivity contribution is -0.132. The van der Waals surface area contributed by atoms with Crippen LogP contribution in [0, 0.1) is 0 Å². The molecule has 1 aromatic carbocycles. The number of nitrogens with one attached hydrogen (secondary N) is 1. The number of rotatable bonds is 6. The van der Waals surface area contributed by atoms with Crippen molar-refractivity contribution in [3.8, 4) is 0 Å². The minimum atomic E-state index is -0.345. The Hall–Kier alpha value is -1.06. The second kappa shape index (κ2) is 5.93. The Morgan fingerprint density at radius 2 is 2.05 bits per heavy atom. The van der Waals surface area contributed by atoms with Gasteiger partial charge in [-0.3, -0.25) is 4.79 Å². The van der Waals surface area contributed by atoms with E-state index in [1.165, 1.54) is 5.56 Å². The third-order valence-corrected chi connectivity index (χ3v) is 3.90. The van der Waals surface area contributed by atoms with Gasteiger partial charge in [0.25, 0.3) is 0 Å². The summed E-state index contributed by atoms with van der Waals surface area (Å²) in [5.41, 5.74) is 1.13. The maximum absolute atomic E-state index is 12.0. The van der Waals surface area contributed by atoms with Gasteiger partial charge in [-0.15, -0.1) is 0 Å². The van der Waals surface area contributed by atoms with E-state index in [1.54, 1.807) is 7.11 Å². The maximum Gasteiger partial charge on any atom is 0.249 e. The molecule has 2 rings (SSSR count). The van der Waals surface area contributed by atoms with Gasteiger partial charge in [0, 0.05) is 17.7 Å². The molecule has 0 radical (unpaired) electrons. The average molecular weight is 282 g/mol. The highest BCUT2D eigenvalue weighted by molar-refractivity contribution is 6.30. The van der Waals surface area contributed by atoms with E-state index in [-0.39, 0.29) is 17.6 Å². The lowest BCUT2D eigenvalue weighted by atomic mass is 10.0. The van der Waals surface area contributed by atoms with Gasteiger partial charge < -0.3 is 10.1 Å². The molecule has 1 fully saturated rings. The molecule has 1 atom stereocenters. The molecule has 104 valence electrons. The summed E-state index contributed by atoms with van der Waals surface area (Å²) in [6.07, 6.45) is 3.26. The van der Waals surface area contributed by atoms with E-state index < -0.39 is 0 Å². The first-order valence-corrected chi connectivity index (χ1v) is 7.05. The molecule has 19 heavy (non-hydrogen) atoms. The zero-order valence-electron chi connectivity index (χ0n) is 11.4. The van der Waals surface area contributed by atoms with Crippen molar-refractivity contribution >= 4 is 17.5 Å². The Bertz CT molecular complexity index is 436. The largest absolute Gasteiger partial charge is 0.372 e. The molecule has 0 bridgehead atoms. The normalized spacial score (nSPS) is 17.8. The first-order chi connectivity index (χ1) is 9.08. The lowest BCUT2D eigenvalue weighted by Gasteiger charge is -2.21. The molecule has 0 aliphatic heterocycles. The van der Waals surface area contributed by atoms with Crippen molar-refractivity contribution < 1.29 is 9.53 Å². The van der Waals surface area contributed by atoms with Gasteiger partial charge in [0.1, 0.15) is 6.10 Å². The maximum atomic E-state index is 12.0. The molecule has 0 aromatic heterocycles. The van der Waals surface area contributed by atoms with Crippen LogP contribution >= 0.6 is 11.6 Å². The second-order valence-electron chi connectivity index (χ2n) is 5.21. The van der Waals surface area contributed by atoms with Gasteiger partial charge in [-0.2, -0.15) is 0 Å². The Morgan fingerprint density at radius 3 is 2.53 bits per heavy atom. The number of carbonyl (C=O) groups is 1. The second-order valence-corrected chi connectivity index (χ2v) is 5.64. The third kappa shape index (κ3) is 3.71. The molecular formula is C15H20ClNO2. The van der Waals surface area contributed by atoms with Crippen LogP contribution in [0.5, 0.6) is 0 Å². The van der Waals surface area contributed by atoms with Crippen LogP contribution in [0.2, 0.25) is 5.02 Å². The Kier molecular flexibility index (Phi) is 4.48. The molecule has 3 nitrogen and oxygen atoms in total. The Balaban J connectivity index is 1.96. The molecule has 1 aromatic rings. The van der Waals surface area contributed by atoms with Crippen molar-refractivity contribution in [3.05, 3.63) is 34.9 Å². The van der Waals surface area contributed by atoms with Crippen LogP contribution in [0.15, 0.2) is 24.3 Å². The zero-order valence-corrected chi connectivity index (χ0v) is 12.2. The standard InChI is InChI=1S/C15H20ClNO2/c1-3-13(19-2)14(18)17-15(8-9-15)10-11-4-6-12(16)7-5-11/h4-7,13H,3,8-10H2,1-2H3,(H,17,18). The van der Waals surface area contributed by atoms with Gasteiger partial charge in [-0.25, -0.2) is 0 Å². The third-order valence-electron chi connectivity index (χ3n) is 3.65. The van der Waals surface area contributed by atoms with Crippen LogP contribution < -0.4 is 5.32 Å². The van der Waals surface area contributed by atoms with Crippen molar-refractivity contribution in [1.82, 2.24) is 5.32 Å². The van der Waals surface area contributed by atoms with Crippen LogP contribution in [0.1, 0.15) is 31.7 Å². The predicted octanol–water partition coefficient (Wildman–Crippen LogP) is 2.96. The predicted molar refractivity (Wildman–Crippen MR) is 76.4 cm³/mol. The first kappa shape index (κ1) is 14.4. The molecule has 1 aliphatic rings. The van der Waals surface area contributed by atoms with E-state index in [2.05, 4.69) is 5.32 Å². The summed E-state index contributed by atoms with van der Waals surface area (Å²) in [6.45, 7) is 1.95. The molecule has 1 aliphatic carbocycles. The van der Waals surface area contributed by atoms with Crippen LogP contribution in [0.25, 0.3) is 0 Å². The minimum Gasteiger partial charge on any atom is -0.372 e. The van der Waals surface area contributed by atoms with Crippen molar-refractivity contribution in [3.63, 3.8) is 0 Å². The molecule has 1 N–H and O–H groups in total. The molecule has 1 unspecified atom stereocenters. The van der Waals surface area contributed by atoms with Gasteiger partial charge in [-0.05, 0) is 43.4 Å². The lowest BCUT2D eigenvalue weighted by Crippen LogP contribution is -2.44. The number of carbonyl (C=O) groups excluding carboxylic acids is 1. The SMILES string of the molecule is CCC(OC)C(=O)NC1(Cc2ccc(Cl)cc2)CC1. The summed E-state index contributed by atoms with van der Waals surface area (Å²) in [4.78, 5) is 12.0. The molecular weight excluding hydrogens is 262 g/mol. The van der Waals surface area contributed by atoms with Crippen molar-refractivity contribution in [2.24, 2.45) is 0 Å². The quantitative estimate of drug-likeness (QED) is 0.871. The molecule has 0 saturated heterocycles. The number of benzene rings is 1. The van der Waals surface area contributed by atoms with E-state index in [0.29, 0.717) is 6.42 Å². The monoisotopic (exact) mass is 281 g/mol. The van der Waals surface area contributed by atoms with E-state index >= 15 is 0 Å². The Labute approximate surface area is 119 Å². The van der Waals surface area contributed by atoms with Gasteiger partial charge in [0.05, 0.1) is 0 Å². The number of hydrogen-bond acceptors (Lipinski definition) is 2. The smallest absolute Gasteiger partial charge is 0.249 e. The molecule has 1 amide bonds. The molecule has 4 heteroatoms. The van der Waals surface area contributed by atoms with Crippen LogP contribution in [0.4, 0.5) is 0 Å². The summed E-state index contributed by atoms with van der Waals surface area (Å²) in [6, 6.07) is 7.81. The minimum absolute atomic E-state index is 0.00327. The van der Waals surface area contributed by atoms with E-state index in [4.69, 9.17) is 16.3 Å². The highest BCUT2D eigenvalue weighted by atomic mass is 35.5. The number of methoxy groups -OCH3 is 1. The van der Waals surface area contributed by atoms with Gasteiger partial charge in [-0.1, -0.05) is 30.7 Å². The summed E-state index contributed by atoms with van der Waals surface area (Å²) in [7, 11) is 1.58. The van der Waals surface area contributed by atoms with Gasteiger partial charge >= 0.3 is 0 Å². The van der Waals surface area contributed by atoms with E-state index in [1.807, 2.05) is 31.2 Å². The highest BCUT2D eigenvalue weighted by Gasteiger charge is 2.44. The van der Waals surface area contributed by atoms with E-state index in [9.17, 15) is 4.79 Å². The fourth-order valence-corrected chi connectivity index (χ4v) is 2.42. The van der Waals surface area contributed by atoms with Gasteiger partial charge in [0.2, 0.25) is 5.91 Å². The molecule has 1 saturated carbocycles. The van der Waals surface area contributed by atoms with Crippen molar-refractivity contribution in [2.45, 2.75) is 44.2 Å². The highest BCUT2D eigenvalue weighted by Crippen LogP contribution is 2.39. The van der Waals surface area contributed by atoms with Crippen molar-refractivity contribution in [2.75, 3.05) is 7.11 Å². The van der Waals surface area contributed by atoms with Crippen molar-refractivity contribution in [1.29, 1.82) is 0 Å². The van der Waals surface area contributed by atoms with Crippen LogP contribution in [0.3, 0.4) is 0 Å². The topological polar surface area (TPSA) is 38.3 Å². The summed E-state index contributed by atoms with van der Waals surface area (Å²) in [5, 5.41) is 3.87. The number of ether oxygens (including phenoxy) is 1. The summed E-state index contributed by atoms with van der Waals surface area (Å²) in [5.74, 6) is -0.00327.